The summed E-state index contributed by atoms with van der Waals surface area (Å²) in [6, 6.07) is 9.14. The third-order valence-electron chi connectivity index (χ3n) is 4.98. The van der Waals surface area contributed by atoms with Crippen LogP contribution in [0.5, 0.6) is 0 Å². The first-order chi connectivity index (χ1) is 14.9. The van der Waals surface area contributed by atoms with Crippen LogP contribution in [0.15, 0.2) is 53.7 Å². The highest BCUT2D eigenvalue weighted by atomic mass is 32.2. The Bertz CT molecular complexity index is 1200. The lowest BCUT2D eigenvalue weighted by Gasteiger charge is -2.21. The number of rotatable bonds is 6. The van der Waals surface area contributed by atoms with Crippen molar-refractivity contribution < 1.29 is 13.2 Å². The maximum atomic E-state index is 12.9. The van der Waals surface area contributed by atoms with Crippen molar-refractivity contribution in [3.63, 3.8) is 0 Å². The molecule has 10 heteroatoms. The largest absolute Gasteiger partial charge is 0.306 e. The molecule has 0 aliphatic carbocycles. The van der Waals surface area contributed by atoms with E-state index < -0.39 is 15.9 Å². The van der Waals surface area contributed by atoms with E-state index in [1.165, 1.54) is 40.3 Å². The SMILES string of the molecule is CC(C)N(C)S(=O)(=O)c1ccc(C(=O)Nc2cc(C(C)(C)C)nn2-c2ncccn2)cc1. The van der Waals surface area contributed by atoms with Crippen LogP contribution in [0.4, 0.5) is 5.82 Å². The van der Waals surface area contributed by atoms with E-state index in [2.05, 4.69) is 20.4 Å². The summed E-state index contributed by atoms with van der Waals surface area (Å²) >= 11 is 0. The topological polar surface area (TPSA) is 110 Å². The van der Waals surface area contributed by atoms with Crippen LogP contribution in [0, 0.1) is 0 Å². The third-order valence-corrected chi connectivity index (χ3v) is 7.03. The first kappa shape index (κ1) is 23.6. The normalized spacial score (nSPS) is 12.4. The van der Waals surface area contributed by atoms with Gasteiger partial charge >= 0.3 is 0 Å². The van der Waals surface area contributed by atoms with Crippen LogP contribution in [0.25, 0.3) is 5.95 Å². The Balaban J connectivity index is 1.90. The van der Waals surface area contributed by atoms with Crippen LogP contribution in [0.3, 0.4) is 0 Å². The second-order valence-electron chi connectivity index (χ2n) is 8.72. The predicted octanol–water partition coefficient (Wildman–Crippen LogP) is 3.24. The van der Waals surface area contributed by atoms with Crippen molar-refractivity contribution in [1.82, 2.24) is 24.1 Å². The number of aromatic nitrogens is 4. The molecule has 0 aliphatic rings. The Labute approximate surface area is 188 Å². The lowest BCUT2D eigenvalue weighted by molar-refractivity contribution is 0.102. The van der Waals surface area contributed by atoms with Gasteiger partial charge in [-0.2, -0.15) is 14.1 Å². The van der Waals surface area contributed by atoms with Crippen molar-refractivity contribution in [1.29, 1.82) is 0 Å². The number of nitrogens with one attached hydrogen (secondary N) is 1. The summed E-state index contributed by atoms with van der Waals surface area (Å²) in [6.45, 7) is 9.65. The van der Waals surface area contributed by atoms with Crippen LogP contribution in [0.1, 0.15) is 50.7 Å². The summed E-state index contributed by atoms with van der Waals surface area (Å²) < 4.78 is 28.1. The van der Waals surface area contributed by atoms with Crippen molar-refractivity contribution in [2.24, 2.45) is 0 Å². The zero-order chi connectivity index (χ0) is 23.7. The molecule has 1 amide bonds. The molecule has 0 fully saturated rings. The van der Waals surface area contributed by atoms with Crippen LogP contribution in [0.2, 0.25) is 0 Å². The minimum absolute atomic E-state index is 0.128. The number of nitrogens with zero attached hydrogens (tertiary/aromatic N) is 5. The maximum Gasteiger partial charge on any atom is 0.256 e. The van der Waals surface area contributed by atoms with Crippen molar-refractivity contribution in [3.05, 3.63) is 60.0 Å². The van der Waals surface area contributed by atoms with Gasteiger partial charge in [-0.1, -0.05) is 20.8 Å². The quantitative estimate of drug-likeness (QED) is 0.610. The first-order valence-electron chi connectivity index (χ1n) is 10.2. The van der Waals surface area contributed by atoms with E-state index in [1.54, 1.807) is 38.4 Å². The van der Waals surface area contributed by atoms with Crippen molar-refractivity contribution in [2.75, 3.05) is 12.4 Å². The standard InChI is InChI=1S/C22H28N6O3S/c1-15(2)27(6)32(30,31)17-10-8-16(9-11-17)20(29)25-19-14-18(22(3,4)5)26-28(19)21-23-12-7-13-24-21/h7-15H,1-6H3,(H,25,29). The highest BCUT2D eigenvalue weighted by Gasteiger charge is 2.24. The smallest absolute Gasteiger partial charge is 0.256 e. The summed E-state index contributed by atoms with van der Waals surface area (Å²) in [5.74, 6) is 0.350. The molecule has 0 spiro atoms. The molecule has 0 atom stereocenters. The fourth-order valence-electron chi connectivity index (χ4n) is 2.80. The van der Waals surface area contributed by atoms with Crippen molar-refractivity contribution >= 4 is 21.7 Å². The molecule has 1 N–H and O–H groups in total. The Morgan fingerprint density at radius 1 is 1.09 bits per heavy atom. The van der Waals surface area contributed by atoms with Crippen LogP contribution < -0.4 is 5.32 Å². The van der Waals surface area contributed by atoms with Gasteiger partial charge in [0, 0.05) is 42.5 Å². The Hall–Kier alpha value is -3.11. The fraction of sp³-hybridized carbons (Fsp3) is 0.364. The molecule has 0 aliphatic heterocycles. The van der Waals surface area contributed by atoms with Gasteiger partial charge in [-0.15, -0.1) is 0 Å². The number of carbonyl (C=O) groups excluding carboxylic acids is 1. The van der Waals surface area contributed by atoms with Gasteiger partial charge in [0.2, 0.25) is 10.0 Å². The van der Waals surface area contributed by atoms with E-state index in [4.69, 9.17) is 0 Å². The fourth-order valence-corrected chi connectivity index (χ4v) is 4.17. The summed E-state index contributed by atoms with van der Waals surface area (Å²) in [7, 11) is -2.10. The van der Waals surface area contributed by atoms with Crippen LogP contribution in [-0.4, -0.2) is 51.5 Å². The van der Waals surface area contributed by atoms with Crippen molar-refractivity contribution in [3.8, 4) is 5.95 Å². The molecule has 2 heterocycles. The molecule has 0 saturated carbocycles. The van der Waals surface area contributed by atoms with Crippen LogP contribution >= 0.6 is 0 Å². The first-order valence-corrected chi connectivity index (χ1v) is 11.6. The second kappa shape index (κ2) is 8.79. The van der Waals surface area contributed by atoms with Gasteiger partial charge in [0.05, 0.1) is 10.6 Å². The molecule has 1 aromatic carbocycles. The Morgan fingerprint density at radius 3 is 2.22 bits per heavy atom. The minimum Gasteiger partial charge on any atom is -0.306 e. The van der Waals surface area contributed by atoms with Gasteiger partial charge in [-0.05, 0) is 44.2 Å². The van der Waals surface area contributed by atoms with E-state index in [9.17, 15) is 13.2 Å². The number of carbonyl (C=O) groups is 1. The van der Waals surface area contributed by atoms with E-state index >= 15 is 0 Å². The number of hydrogen-bond donors (Lipinski definition) is 1. The summed E-state index contributed by atoms with van der Waals surface area (Å²) in [5.41, 5.74) is 0.825. The van der Waals surface area contributed by atoms with E-state index in [-0.39, 0.29) is 16.4 Å². The Morgan fingerprint density at radius 2 is 1.69 bits per heavy atom. The monoisotopic (exact) mass is 456 g/mol. The average Bonchev–Trinajstić information content (AvgIpc) is 3.18. The van der Waals surface area contributed by atoms with Gasteiger partial charge in [-0.3, -0.25) is 4.79 Å². The number of amides is 1. The van der Waals surface area contributed by atoms with Gasteiger partial charge < -0.3 is 5.32 Å². The molecule has 9 nitrogen and oxygen atoms in total. The molecule has 0 unspecified atom stereocenters. The Kier molecular flexibility index (Phi) is 6.47. The molecule has 0 radical (unpaired) electrons. The predicted molar refractivity (Wildman–Crippen MR) is 122 cm³/mol. The summed E-state index contributed by atoms with van der Waals surface area (Å²) in [5, 5.41) is 7.41. The van der Waals surface area contributed by atoms with Gasteiger partial charge in [0.25, 0.3) is 11.9 Å². The molecular formula is C22H28N6O3S. The lowest BCUT2D eigenvalue weighted by atomic mass is 9.92. The second-order valence-corrected chi connectivity index (χ2v) is 10.7. The molecule has 170 valence electrons. The lowest BCUT2D eigenvalue weighted by Crippen LogP contribution is -2.33. The number of hydrogen-bond acceptors (Lipinski definition) is 6. The van der Waals surface area contributed by atoms with E-state index in [0.717, 1.165) is 5.69 Å². The zero-order valence-corrected chi connectivity index (χ0v) is 19.9. The van der Waals surface area contributed by atoms with Gasteiger partial charge in [0.15, 0.2) is 0 Å². The number of anilines is 1. The summed E-state index contributed by atoms with van der Waals surface area (Å²) in [4.78, 5) is 21.5. The number of benzene rings is 1. The third kappa shape index (κ3) is 4.86. The highest BCUT2D eigenvalue weighted by Crippen LogP contribution is 2.26. The zero-order valence-electron chi connectivity index (χ0n) is 19.1. The molecule has 3 rings (SSSR count). The summed E-state index contributed by atoms with van der Waals surface area (Å²) in [6.07, 6.45) is 3.19. The van der Waals surface area contributed by atoms with Crippen LogP contribution in [-0.2, 0) is 15.4 Å². The number of sulfonamides is 1. The van der Waals surface area contributed by atoms with E-state index in [1.807, 2.05) is 20.8 Å². The van der Waals surface area contributed by atoms with Gasteiger partial charge in [-0.25, -0.2) is 18.4 Å². The highest BCUT2D eigenvalue weighted by molar-refractivity contribution is 7.89. The molecule has 32 heavy (non-hydrogen) atoms. The molecule has 0 bridgehead atoms. The molecule has 0 saturated heterocycles. The average molecular weight is 457 g/mol. The van der Waals surface area contributed by atoms with E-state index in [0.29, 0.717) is 17.3 Å². The maximum absolute atomic E-state index is 12.9. The van der Waals surface area contributed by atoms with Gasteiger partial charge in [0.1, 0.15) is 5.82 Å². The van der Waals surface area contributed by atoms with Crippen molar-refractivity contribution in [2.45, 2.75) is 51.0 Å². The molecule has 2 aromatic heterocycles. The molecule has 3 aromatic rings. The molecular weight excluding hydrogens is 428 g/mol. The minimum atomic E-state index is -3.62.